The Bertz CT molecular complexity index is 503. The Hall–Kier alpha value is -1.65. The first-order valence-corrected chi connectivity index (χ1v) is 7.72. The molecule has 0 aliphatic heterocycles. The first-order chi connectivity index (χ1) is 10.3. The molecule has 0 atom stereocenters. The lowest BCUT2D eigenvalue weighted by atomic mass is 10.1. The molecular formula is C17H25N3O. The molecule has 0 saturated carbocycles. The van der Waals surface area contributed by atoms with Crippen LogP contribution in [-0.4, -0.2) is 39.0 Å². The van der Waals surface area contributed by atoms with E-state index in [-0.39, 0.29) is 6.61 Å². The molecule has 21 heavy (non-hydrogen) atoms. The highest BCUT2D eigenvalue weighted by atomic mass is 16.3. The molecular weight excluding hydrogens is 262 g/mol. The van der Waals surface area contributed by atoms with Crippen LogP contribution in [0.1, 0.15) is 32.3 Å². The fraction of sp³-hybridized carbons (Fsp3) is 0.471. The third kappa shape index (κ3) is 4.16. The van der Waals surface area contributed by atoms with Gasteiger partial charge >= 0.3 is 0 Å². The molecule has 1 aromatic carbocycles. The maximum Gasteiger partial charge on any atom is 0.0645 e. The molecule has 0 saturated heterocycles. The second kappa shape index (κ2) is 7.96. The summed E-state index contributed by atoms with van der Waals surface area (Å²) >= 11 is 0. The minimum Gasteiger partial charge on any atom is -0.395 e. The lowest BCUT2D eigenvalue weighted by molar-refractivity contribution is 0.136. The number of hydrogen-bond acceptors (Lipinski definition) is 3. The molecule has 0 spiro atoms. The van der Waals surface area contributed by atoms with E-state index < -0.39 is 0 Å². The van der Waals surface area contributed by atoms with Crippen molar-refractivity contribution >= 4 is 0 Å². The normalized spacial score (nSPS) is 11.5. The first-order valence-electron chi connectivity index (χ1n) is 7.72. The fourth-order valence-electron chi connectivity index (χ4n) is 2.73. The molecule has 0 fully saturated rings. The molecule has 1 heterocycles. The van der Waals surface area contributed by atoms with Crippen molar-refractivity contribution in [3.63, 3.8) is 0 Å². The van der Waals surface area contributed by atoms with Crippen molar-refractivity contribution in [3.05, 3.63) is 48.3 Å². The van der Waals surface area contributed by atoms with Gasteiger partial charge in [-0.2, -0.15) is 5.10 Å². The maximum atomic E-state index is 9.27. The number of aromatic nitrogens is 2. The van der Waals surface area contributed by atoms with E-state index in [1.165, 1.54) is 5.56 Å². The number of benzene rings is 1. The predicted molar refractivity (Wildman–Crippen MR) is 85.4 cm³/mol. The summed E-state index contributed by atoms with van der Waals surface area (Å²) in [6.07, 6.45) is 5.95. The van der Waals surface area contributed by atoms with E-state index in [0.29, 0.717) is 6.04 Å². The molecule has 114 valence electrons. The van der Waals surface area contributed by atoms with Crippen LogP contribution in [0.5, 0.6) is 0 Å². The minimum absolute atomic E-state index is 0.210. The summed E-state index contributed by atoms with van der Waals surface area (Å²) in [6, 6.07) is 10.9. The topological polar surface area (TPSA) is 41.3 Å². The summed E-state index contributed by atoms with van der Waals surface area (Å²) < 4.78 is 1.86. The standard InChI is InChI=1S/C17H25N3O/c1-3-16(4-2)19(12-13-21)14-15-6-8-17(9-7-15)20-11-5-10-18-20/h5-11,16,21H,3-4,12-14H2,1-2H3. The third-order valence-corrected chi connectivity index (χ3v) is 3.94. The van der Waals surface area contributed by atoms with Crippen LogP contribution in [0.4, 0.5) is 0 Å². The molecule has 4 heteroatoms. The van der Waals surface area contributed by atoms with E-state index in [4.69, 9.17) is 0 Å². The Balaban J connectivity index is 2.06. The van der Waals surface area contributed by atoms with Crippen molar-refractivity contribution in [2.75, 3.05) is 13.2 Å². The van der Waals surface area contributed by atoms with Crippen LogP contribution in [0.3, 0.4) is 0 Å². The summed E-state index contributed by atoms with van der Waals surface area (Å²) in [6.45, 7) is 6.24. The van der Waals surface area contributed by atoms with Gasteiger partial charge in [0, 0.05) is 31.5 Å². The van der Waals surface area contributed by atoms with Crippen molar-refractivity contribution in [2.45, 2.75) is 39.3 Å². The third-order valence-electron chi connectivity index (χ3n) is 3.94. The molecule has 4 nitrogen and oxygen atoms in total. The van der Waals surface area contributed by atoms with Crippen LogP contribution < -0.4 is 0 Å². The van der Waals surface area contributed by atoms with Crippen LogP contribution in [0.2, 0.25) is 0 Å². The zero-order chi connectivity index (χ0) is 15.1. The highest BCUT2D eigenvalue weighted by Gasteiger charge is 2.14. The monoisotopic (exact) mass is 287 g/mol. The molecule has 0 radical (unpaired) electrons. The second-order valence-corrected chi connectivity index (χ2v) is 5.28. The molecule has 1 aromatic heterocycles. The maximum absolute atomic E-state index is 9.27. The number of rotatable bonds is 8. The van der Waals surface area contributed by atoms with Gasteiger partial charge in [-0.25, -0.2) is 4.68 Å². The van der Waals surface area contributed by atoms with E-state index in [0.717, 1.165) is 31.6 Å². The molecule has 1 N–H and O–H groups in total. The quantitative estimate of drug-likeness (QED) is 0.811. The SMILES string of the molecule is CCC(CC)N(CCO)Cc1ccc(-n2cccn2)cc1. The average Bonchev–Trinajstić information content (AvgIpc) is 3.04. The van der Waals surface area contributed by atoms with Crippen molar-refractivity contribution in [1.82, 2.24) is 14.7 Å². The predicted octanol–water partition coefficient (Wildman–Crippen LogP) is 2.86. The highest BCUT2D eigenvalue weighted by Crippen LogP contribution is 2.15. The summed E-state index contributed by atoms with van der Waals surface area (Å²) in [4.78, 5) is 2.36. The van der Waals surface area contributed by atoms with Gasteiger partial charge in [-0.3, -0.25) is 4.90 Å². The average molecular weight is 287 g/mol. The zero-order valence-corrected chi connectivity index (χ0v) is 12.9. The molecule has 0 amide bonds. The van der Waals surface area contributed by atoms with Crippen molar-refractivity contribution in [3.8, 4) is 5.69 Å². The van der Waals surface area contributed by atoms with Crippen molar-refractivity contribution in [1.29, 1.82) is 0 Å². The Labute approximate surface area is 127 Å². The van der Waals surface area contributed by atoms with Crippen molar-refractivity contribution < 1.29 is 5.11 Å². The number of hydrogen-bond donors (Lipinski definition) is 1. The van der Waals surface area contributed by atoms with Gasteiger partial charge in [-0.1, -0.05) is 26.0 Å². The van der Waals surface area contributed by atoms with E-state index >= 15 is 0 Å². The van der Waals surface area contributed by atoms with Crippen LogP contribution in [0.15, 0.2) is 42.7 Å². The van der Waals surface area contributed by atoms with Gasteiger partial charge in [0.1, 0.15) is 0 Å². The fourth-order valence-corrected chi connectivity index (χ4v) is 2.73. The largest absolute Gasteiger partial charge is 0.395 e. The Morgan fingerprint density at radius 2 is 1.90 bits per heavy atom. The Morgan fingerprint density at radius 3 is 2.43 bits per heavy atom. The Morgan fingerprint density at radius 1 is 1.19 bits per heavy atom. The van der Waals surface area contributed by atoms with Crippen LogP contribution in [0.25, 0.3) is 5.69 Å². The number of aliphatic hydroxyl groups is 1. The van der Waals surface area contributed by atoms with Crippen LogP contribution >= 0.6 is 0 Å². The molecule has 2 aromatic rings. The van der Waals surface area contributed by atoms with E-state index in [2.05, 4.69) is 48.1 Å². The lowest BCUT2D eigenvalue weighted by Crippen LogP contribution is -2.36. The van der Waals surface area contributed by atoms with E-state index in [1.807, 2.05) is 16.9 Å². The number of aliphatic hydroxyl groups excluding tert-OH is 1. The summed E-state index contributed by atoms with van der Waals surface area (Å²) in [5.74, 6) is 0. The lowest BCUT2D eigenvalue weighted by Gasteiger charge is -2.29. The number of nitrogens with zero attached hydrogens (tertiary/aromatic N) is 3. The van der Waals surface area contributed by atoms with Crippen LogP contribution in [0, 0.1) is 0 Å². The van der Waals surface area contributed by atoms with Crippen LogP contribution in [-0.2, 0) is 6.54 Å². The minimum atomic E-state index is 0.210. The second-order valence-electron chi connectivity index (χ2n) is 5.28. The van der Waals surface area contributed by atoms with E-state index in [1.54, 1.807) is 6.20 Å². The molecule has 0 aliphatic carbocycles. The van der Waals surface area contributed by atoms with E-state index in [9.17, 15) is 5.11 Å². The van der Waals surface area contributed by atoms with Gasteiger partial charge < -0.3 is 5.11 Å². The molecule has 0 aliphatic rings. The summed E-state index contributed by atoms with van der Waals surface area (Å²) in [7, 11) is 0. The van der Waals surface area contributed by atoms with Gasteiger partial charge in [0.25, 0.3) is 0 Å². The van der Waals surface area contributed by atoms with Gasteiger partial charge in [0.15, 0.2) is 0 Å². The highest BCUT2D eigenvalue weighted by molar-refractivity contribution is 5.33. The molecule has 0 bridgehead atoms. The summed E-state index contributed by atoms with van der Waals surface area (Å²) in [5, 5.41) is 13.5. The smallest absolute Gasteiger partial charge is 0.0645 e. The molecule has 2 rings (SSSR count). The van der Waals surface area contributed by atoms with Gasteiger partial charge in [0.2, 0.25) is 0 Å². The van der Waals surface area contributed by atoms with Crippen molar-refractivity contribution in [2.24, 2.45) is 0 Å². The van der Waals surface area contributed by atoms with Gasteiger partial charge in [0.05, 0.1) is 12.3 Å². The molecule has 0 unspecified atom stereocenters. The Kier molecular flexibility index (Phi) is 5.96. The summed E-state index contributed by atoms with van der Waals surface area (Å²) in [5.41, 5.74) is 2.34. The zero-order valence-electron chi connectivity index (χ0n) is 12.9. The van der Waals surface area contributed by atoms with Gasteiger partial charge in [-0.05, 0) is 36.6 Å². The van der Waals surface area contributed by atoms with Gasteiger partial charge in [-0.15, -0.1) is 0 Å². The first kappa shape index (κ1) is 15.7.